The normalized spacial score (nSPS) is 36.1. The lowest BCUT2D eigenvalue weighted by molar-refractivity contribution is 0.0271. The van der Waals surface area contributed by atoms with Crippen LogP contribution >= 0.6 is 0 Å². The maximum Gasteiger partial charge on any atom is 0.128 e. The fourth-order valence-corrected chi connectivity index (χ4v) is 6.24. The van der Waals surface area contributed by atoms with Crippen LogP contribution in [0.4, 0.5) is 8.78 Å². The Labute approximate surface area is 198 Å². The standard InChI is InChI=1S/2C13H16FNO2/c2*1-16-10-6-9-8-17-15-13(9,7-10)11-4-2-3-5-12(11)14/h2*2-5,9-10,15H,6-8H2,1H3/t9-,10+,13-;9-,10-,13-/m00/s1. The molecule has 4 fully saturated rings. The maximum absolute atomic E-state index is 14.0. The van der Waals surface area contributed by atoms with Crippen LogP contribution in [0.2, 0.25) is 0 Å². The molecule has 0 unspecified atom stereocenters. The van der Waals surface area contributed by atoms with E-state index < -0.39 is 11.1 Å². The van der Waals surface area contributed by atoms with Crippen molar-refractivity contribution < 1.29 is 27.9 Å². The van der Waals surface area contributed by atoms with Gasteiger partial charge in [0.05, 0.1) is 36.5 Å². The molecule has 0 bridgehead atoms. The summed E-state index contributed by atoms with van der Waals surface area (Å²) >= 11 is 0. The minimum Gasteiger partial charge on any atom is -0.381 e. The number of hydrogen-bond acceptors (Lipinski definition) is 6. The molecule has 34 heavy (non-hydrogen) atoms. The van der Waals surface area contributed by atoms with Gasteiger partial charge in [0.1, 0.15) is 11.6 Å². The summed E-state index contributed by atoms with van der Waals surface area (Å²) in [4.78, 5) is 10.7. The summed E-state index contributed by atoms with van der Waals surface area (Å²) in [6.07, 6.45) is 3.70. The number of hydrogen-bond donors (Lipinski definition) is 2. The zero-order valence-electron chi connectivity index (χ0n) is 19.6. The van der Waals surface area contributed by atoms with Gasteiger partial charge < -0.3 is 19.1 Å². The van der Waals surface area contributed by atoms with Gasteiger partial charge >= 0.3 is 0 Å². The maximum atomic E-state index is 14.0. The molecule has 0 spiro atoms. The van der Waals surface area contributed by atoms with Crippen molar-refractivity contribution in [1.82, 2.24) is 11.0 Å². The Bertz CT molecular complexity index is 931. The third-order valence-corrected chi connectivity index (χ3v) is 8.04. The van der Waals surface area contributed by atoms with Crippen molar-refractivity contribution in [2.75, 3.05) is 27.4 Å². The van der Waals surface area contributed by atoms with Gasteiger partial charge in [0, 0.05) is 37.2 Å². The number of fused-ring (bicyclic) bond motifs is 2. The Hall–Kier alpha value is -1.94. The van der Waals surface area contributed by atoms with E-state index in [-0.39, 0.29) is 35.7 Å². The van der Waals surface area contributed by atoms with Gasteiger partial charge in [-0.3, -0.25) is 0 Å². The molecule has 2 aliphatic heterocycles. The highest BCUT2D eigenvalue weighted by Gasteiger charge is 2.54. The summed E-state index contributed by atoms with van der Waals surface area (Å²) in [5, 5.41) is 0. The highest BCUT2D eigenvalue weighted by Crippen LogP contribution is 2.49. The van der Waals surface area contributed by atoms with Gasteiger partial charge in [-0.05, 0) is 37.8 Å². The number of hydroxylamine groups is 2. The lowest BCUT2D eigenvalue weighted by Crippen LogP contribution is -2.39. The van der Waals surface area contributed by atoms with E-state index >= 15 is 0 Å². The average Bonchev–Trinajstić information content (AvgIpc) is 3.58. The van der Waals surface area contributed by atoms with Crippen LogP contribution in [-0.4, -0.2) is 39.6 Å². The van der Waals surface area contributed by atoms with Gasteiger partial charge in [-0.25, -0.2) is 8.78 Å². The second-order valence-electron chi connectivity index (χ2n) is 9.72. The van der Waals surface area contributed by atoms with Gasteiger partial charge in [0.25, 0.3) is 0 Å². The number of methoxy groups -OCH3 is 2. The van der Waals surface area contributed by atoms with Gasteiger partial charge in [-0.1, -0.05) is 36.4 Å². The van der Waals surface area contributed by atoms with E-state index in [4.69, 9.17) is 19.1 Å². The molecule has 6 rings (SSSR count). The summed E-state index contributed by atoms with van der Waals surface area (Å²) < 4.78 is 38.8. The van der Waals surface area contributed by atoms with E-state index in [1.54, 1.807) is 26.4 Å². The highest BCUT2D eigenvalue weighted by molar-refractivity contribution is 5.31. The molecule has 2 saturated heterocycles. The predicted octanol–water partition coefficient (Wildman–Crippen LogP) is 3.96. The minimum atomic E-state index is -0.411. The predicted molar refractivity (Wildman–Crippen MR) is 121 cm³/mol. The van der Waals surface area contributed by atoms with Crippen LogP contribution in [0.5, 0.6) is 0 Å². The molecule has 2 aliphatic carbocycles. The second-order valence-corrected chi connectivity index (χ2v) is 9.72. The van der Waals surface area contributed by atoms with Crippen LogP contribution in [0.25, 0.3) is 0 Å². The Morgan fingerprint density at radius 2 is 1.15 bits per heavy atom. The van der Waals surface area contributed by atoms with Crippen LogP contribution in [0.1, 0.15) is 36.8 Å². The SMILES string of the molecule is CO[C@@H]1C[C@H]2CON[C@@]2(c2ccccc2F)C1.CO[C@H]1C[C@H]2CON[C@@]2(c2ccccc2F)C1. The first-order valence-corrected chi connectivity index (χ1v) is 11.9. The summed E-state index contributed by atoms with van der Waals surface area (Å²) in [6.45, 7) is 1.24. The molecule has 0 radical (unpaired) electrons. The fraction of sp³-hybridized carbons (Fsp3) is 0.538. The lowest BCUT2D eigenvalue weighted by atomic mass is 9.82. The monoisotopic (exact) mass is 474 g/mol. The molecule has 2 aromatic rings. The number of nitrogens with one attached hydrogen (secondary N) is 2. The van der Waals surface area contributed by atoms with Crippen molar-refractivity contribution in [2.24, 2.45) is 11.8 Å². The van der Waals surface area contributed by atoms with Crippen molar-refractivity contribution in [3.8, 4) is 0 Å². The largest absolute Gasteiger partial charge is 0.381 e. The molecule has 6 atom stereocenters. The smallest absolute Gasteiger partial charge is 0.128 e. The van der Waals surface area contributed by atoms with Gasteiger partial charge in [0.2, 0.25) is 0 Å². The van der Waals surface area contributed by atoms with Crippen molar-refractivity contribution in [1.29, 1.82) is 0 Å². The molecule has 2 heterocycles. The van der Waals surface area contributed by atoms with Crippen LogP contribution < -0.4 is 11.0 Å². The Kier molecular flexibility index (Phi) is 6.72. The molecule has 0 amide bonds. The zero-order chi connectivity index (χ0) is 23.8. The number of ether oxygens (including phenoxy) is 2. The first kappa shape index (κ1) is 23.8. The van der Waals surface area contributed by atoms with Crippen LogP contribution in [0.15, 0.2) is 48.5 Å². The molecule has 6 nitrogen and oxygen atoms in total. The molecular weight excluding hydrogens is 442 g/mol. The quantitative estimate of drug-likeness (QED) is 0.700. The molecule has 2 aromatic carbocycles. The minimum absolute atomic E-state index is 0.174. The molecule has 184 valence electrons. The van der Waals surface area contributed by atoms with Crippen molar-refractivity contribution in [2.45, 2.75) is 49.0 Å². The Balaban J connectivity index is 0.000000142. The molecule has 4 aliphatic rings. The number of rotatable bonds is 4. The van der Waals surface area contributed by atoms with Gasteiger partial charge in [-0.15, -0.1) is 0 Å². The average molecular weight is 475 g/mol. The molecule has 0 aromatic heterocycles. The van der Waals surface area contributed by atoms with E-state index in [1.165, 1.54) is 12.1 Å². The van der Waals surface area contributed by atoms with E-state index in [0.717, 1.165) is 25.7 Å². The third kappa shape index (κ3) is 3.96. The van der Waals surface area contributed by atoms with Gasteiger partial charge in [0.15, 0.2) is 0 Å². The number of halogens is 2. The van der Waals surface area contributed by atoms with Crippen LogP contribution in [-0.2, 0) is 30.2 Å². The van der Waals surface area contributed by atoms with E-state index in [9.17, 15) is 8.78 Å². The molecular formula is C26H32F2N2O4. The van der Waals surface area contributed by atoms with Crippen molar-refractivity contribution >= 4 is 0 Å². The van der Waals surface area contributed by atoms with Crippen molar-refractivity contribution in [3.05, 3.63) is 71.3 Å². The second kappa shape index (κ2) is 9.60. The molecule has 8 heteroatoms. The summed E-state index contributed by atoms with van der Waals surface area (Å²) in [5.74, 6) is 0.216. The summed E-state index contributed by atoms with van der Waals surface area (Å²) in [6, 6.07) is 13.8. The van der Waals surface area contributed by atoms with E-state index in [0.29, 0.717) is 24.3 Å². The summed E-state index contributed by atoms with van der Waals surface area (Å²) in [7, 11) is 3.42. The third-order valence-electron chi connectivity index (χ3n) is 8.04. The van der Waals surface area contributed by atoms with Crippen LogP contribution in [0, 0.1) is 23.5 Å². The fourth-order valence-electron chi connectivity index (χ4n) is 6.24. The molecule has 2 N–H and O–H groups in total. The Morgan fingerprint density at radius 3 is 1.53 bits per heavy atom. The first-order chi connectivity index (χ1) is 16.5. The highest BCUT2D eigenvalue weighted by atomic mass is 19.1. The number of benzene rings is 2. The topological polar surface area (TPSA) is 61.0 Å². The van der Waals surface area contributed by atoms with Crippen molar-refractivity contribution in [3.63, 3.8) is 0 Å². The van der Waals surface area contributed by atoms with Gasteiger partial charge in [-0.2, -0.15) is 11.0 Å². The van der Waals surface area contributed by atoms with Crippen LogP contribution in [0.3, 0.4) is 0 Å². The van der Waals surface area contributed by atoms with E-state index in [2.05, 4.69) is 11.0 Å². The Morgan fingerprint density at radius 1 is 0.735 bits per heavy atom. The first-order valence-electron chi connectivity index (χ1n) is 11.9. The summed E-state index contributed by atoms with van der Waals surface area (Å²) in [5.41, 5.74) is 6.64. The van der Waals surface area contributed by atoms with E-state index in [1.807, 2.05) is 24.3 Å². The lowest BCUT2D eigenvalue weighted by Gasteiger charge is -2.28. The molecule has 2 saturated carbocycles. The zero-order valence-corrected chi connectivity index (χ0v) is 19.6.